The van der Waals surface area contributed by atoms with E-state index in [9.17, 15) is 5.11 Å². The first kappa shape index (κ1) is 12.3. The molecule has 90 valence electrons. The van der Waals surface area contributed by atoms with Gasteiger partial charge in [-0.3, -0.25) is 9.67 Å². The van der Waals surface area contributed by atoms with Crippen LogP contribution < -0.4 is 0 Å². The number of aliphatic hydroxyl groups excluding tert-OH is 1. The lowest BCUT2D eigenvalue weighted by Crippen LogP contribution is -2.10. The highest BCUT2D eigenvalue weighted by atomic mass is 79.9. The largest absolute Gasteiger partial charge is 0.380 e. The molecule has 1 N–H and O–H groups in total. The average molecular weight is 296 g/mol. The fraction of sp³-hybridized carbons (Fsp3) is 0.333. The van der Waals surface area contributed by atoms with Gasteiger partial charge in [-0.1, -0.05) is 6.07 Å². The zero-order chi connectivity index (χ0) is 12.6. The Morgan fingerprint density at radius 2 is 2.06 bits per heavy atom. The standard InChI is InChI=1S/C12H14BrN3O/c1-7-4-8(2)10(14-5-7)12(17)11-9(13)6-15-16(11)3/h4-6,12,17H,1-3H3. The van der Waals surface area contributed by atoms with E-state index < -0.39 is 6.10 Å². The Balaban J connectivity index is 2.47. The minimum absolute atomic E-state index is 0.667. The Bertz CT molecular complexity index is 531. The van der Waals surface area contributed by atoms with Crippen LogP contribution in [-0.4, -0.2) is 19.9 Å². The van der Waals surface area contributed by atoms with Gasteiger partial charge in [0.1, 0.15) is 6.10 Å². The van der Waals surface area contributed by atoms with E-state index >= 15 is 0 Å². The second kappa shape index (κ2) is 4.58. The number of aliphatic hydroxyl groups is 1. The van der Waals surface area contributed by atoms with Gasteiger partial charge in [-0.2, -0.15) is 5.10 Å². The van der Waals surface area contributed by atoms with Crippen molar-refractivity contribution < 1.29 is 5.11 Å². The van der Waals surface area contributed by atoms with Crippen molar-refractivity contribution in [3.8, 4) is 0 Å². The molecule has 2 rings (SSSR count). The number of nitrogens with zero attached hydrogens (tertiary/aromatic N) is 3. The second-order valence-electron chi connectivity index (χ2n) is 4.12. The van der Waals surface area contributed by atoms with E-state index in [-0.39, 0.29) is 0 Å². The third-order valence-electron chi connectivity index (χ3n) is 2.71. The molecule has 2 heterocycles. The molecule has 0 spiro atoms. The van der Waals surface area contributed by atoms with Crippen LogP contribution in [-0.2, 0) is 7.05 Å². The molecule has 0 amide bonds. The van der Waals surface area contributed by atoms with Gasteiger partial charge in [-0.05, 0) is 40.9 Å². The fourth-order valence-corrected chi connectivity index (χ4v) is 2.43. The summed E-state index contributed by atoms with van der Waals surface area (Å²) in [7, 11) is 1.80. The van der Waals surface area contributed by atoms with E-state index in [0.29, 0.717) is 11.4 Å². The highest BCUT2D eigenvalue weighted by molar-refractivity contribution is 9.10. The molecule has 17 heavy (non-hydrogen) atoms. The van der Waals surface area contributed by atoms with Crippen LogP contribution >= 0.6 is 15.9 Å². The van der Waals surface area contributed by atoms with Crippen molar-refractivity contribution in [2.75, 3.05) is 0 Å². The molecule has 0 radical (unpaired) electrons. The van der Waals surface area contributed by atoms with E-state index in [1.54, 1.807) is 24.1 Å². The Labute approximate surface area is 108 Å². The van der Waals surface area contributed by atoms with Crippen LogP contribution in [0, 0.1) is 13.8 Å². The first-order chi connectivity index (χ1) is 8.00. The Kier molecular flexibility index (Phi) is 3.31. The summed E-state index contributed by atoms with van der Waals surface area (Å²) in [5.41, 5.74) is 3.44. The first-order valence-electron chi connectivity index (χ1n) is 5.29. The Morgan fingerprint density at radius 1 is 1.35 bits per heavy atom. The number of aryl methyl sites for hydroxylation is 3. The summed E-state index contributed by atoms with van der Waals surface area (Å²) in [4.78, 5) is 4.30. The maximum atomic E-state index is 10.4. The van der Waals surface area contributed by atoms with E-state index in [0.717, 1.165) is 15.6 Å². The molecule has 0 aliphatic heterocycles. The molecule has 0 aliphatic carbocycles. The van der Waals surface area contributed by atoms with Gasteiger partial charge in [0.2, 0.25) is 0 Å². The van der Waals surface area contributed by atoms with E-state index in [1.807, 2.05) is 19.9 Å². The molecule has 0 fully saturated rings. The lowest BCUT2D eigenvalue weighted by atomic mass is 10.1. The van der Waals surface area contributed by atoms with Crippen LogP contribution in [0.4, 0.5) is 0 Å². The van der Waals surface area contributed by atoms with Crippen LogP contribution in [0.1, 0.15) is 28.6 Å². The predicted molar refractivity (Wildman–Crippen MR) is 68.7 cm³/mol. The molecule has 4 nitrogen and oxygen atoms in total. The van der Waals surface area contributed by atoms with Gasteiger partial charge < -0.3 is 5.11 Å². The van der Waals surface area contributed by atoms with Crippen LogP contribution in [0.3, 0.4) is 0 Å². The Morgan fingerprint density at radius 3 is 2.59 bits per heavy atom. The van der Waals surface area contributed by atoms with Crippen LogP contribution in [0.25, 0.3) is 0 Å². The maximum absolute atomic E-state index is 10.4. The minimum Gasteiger partial charge on any atom is -0.380 e. The Hall–Kier alpha value is -1.20. The summed E-state index contributed by atoms with van der Waals surface area (Å²) in [5.74, 6) is 0. The molecule has 1 atom stereocenters. The van der Waals surface area contributed by atoms with Crippen molar-refractivity contribution in [2.45, 2.75) is 20.0 Å². The molecule has 0 saturated heterocycles. The minimum atomic E-state index is -0.766. The van der Waals surface area contributed by atoms with Crippen LogP contribution in [0.15, 0.2) is 22.9 Å². The van der Waals surface area contributed by atoms with Crippen molar-refractivity contribution in [3.63, 3.8) is 0 Å². The zero-order valence-electron chi connectivity index (χ0n) is 9.98. The number of halogens is 1. The number of rotatable bonds is 2. The molecular weight excluding hydrogens is 282 g/mol. The molecule has 2 aromatic heterocycles. The van der Waals surface area contributed by atoms with Crippen molar-refractivity contribution in [2.24, 2.45) is 7.05 Å². The molecule has 2 aromatic rings. The number of pyridine rings is 1. The zero-order valence-corrected chi connectivity index (χ0v) is 11.6. The molecule has 5 heteroatoms. The van der Waals surface area contributed by atoms with Crippen molar-refractivity contribution >= 4 is 15.9 Å². The van der Waals surface area contributed by atoms with Crippen LogP contribution in [0.2, 0.25) is 0 Å². The molecule has 0 saturated carbocycles. The van der Waals surface area contributed by atoms with Crippen molar-refractivity contribution in [1.29, 1.82) is 0 Å². The van der Waals surface area contributed by atoms with Gasteiger partial charge in [-0.25, -0.2) is 0 Å². The van der Waals surface area contributed by atoms with Crippen molar-refractivity contribution in [3.05, 3.63) is 45.4 Å². The van der Waals surface area contributed by atoms with Crippen LogP contribution in [0.5, 0.6) is 0 Å². The normalized spacial score (nSPS) is 12.8. The molecular formula is C12H14BrN3O. The third kappa shape index (κ3) is 2.25. The average Bonchev–Trinajstić information content (AvgIpc) is 2.58. The number of hydrogen-bond acceptors (Lipinski definition) is 3. The summed E-state index contributed by atoms with van der Waals surface area (Å²) >= 11 is 3.38. The van der Waals surface area contributed by atoms with Gasteiger partial charge >= 0.3 is 0 Å². The fourth-order valence-electron chi connectivity index (χ4n) is 1.87. The quantitative estimate of drug-likeness (QED) is 0.925. The monoisotopic (exact) mass is 295 g/mol. The number of hydrogen-bond donors (Lipinski definition) is 1. The lowest BCUT2D eigenvalue weighted by molar-refractivity contribution is 0.203. The lowest BCUT2D eigenvalue weighted by Gasteiger charge is -2.14. The summed E-state index contributed by atoms with van der Waals surface area (Å²) < 4.78 is 2.43. The van der Waals surface area contributed by atoms with Gasteiger partial charge in [-0.15, -0.1) is 0 Å². The second-order valence-corrected chi connectivity index (χ2v) is 4.97. The highest BCUT2D eigenvalue weighted by Gasteiger charge is 2.20. The summed E-state index contributed by atoms with van der Waals surface area (Å²) in [6.45, 7) is 3.93. The smallest absolute Gasteiger partial charge is 0.139 e. The maximum Gasteiger partial charge on any atom is 0.139 e. The van der Waals surface area contributed by atoms with Gasteiger partial charge in [0, 0.05) is 13.2 Å². The molecule has 0 bridgehead atoms. The topological polar surface area (TPSA) is 50.9 Å². The molecule has 1 unspecified atom stereocenters. The first-order valence-corrected chi connectivity index (χ1v) is 6.08. The van der Waals surface area contributed by atoms with E-state index in [4.69, 9.17) is 0 Å². The summed E-state index contributed by atoms with van der Waals surface area (Å²) in [6.07, 6.45) is 2.66. The SMILES string of the molecule is Cc1cnc(C(O)c2c(Br)cnn2C)c(C)c1. The summed E-state index contributed by atoms with van der Waals surface area (Å²) in [5, 5.41) is 14.5. The predicted octanol–water partition coefficient (Wildman–Crippen LogP) is 2.28. The van der Waals surface area contributed by atoms with E-state index in [2.05, 4.69) is 26.0 Å². The molecule has 0 aliphatic rings. The summed E-state index contributed by atoms with van der Waals surface area (Å²) in [6, 6.07) is 2.01. The third-order valence-corrected chi connectivity index (χ3v) is 3.32. The number of aromatic nitrogens is 3. The van der Waals surface area contributed by atoms with Gasteiger partial charge in [0.05, 0.1) is 22.1 Å². The van der Waals surface area contributed by atoms with Crippen molar-refractivity contribution in [1.82, 2.24) is 14.8 Å². The molecule has 0 aromatic carbocycles. The van der Waals surface area contributed by atoms with Gasteiger partial charge in [0.15, 0.2) is 0 Å². The van der Waals surface area contributed by atoms with E-state index in [1.165, 1.54) is 0 Å². The van der Waals surface area contributed by atoms with Gasteiger partial charge in [0.25, 0.3) is 0 Å². The highest BCUT2D eigenvalue weighted by Crippen LogP contribution is 2.28.